The van der Waals surface area contributed by atoms with Crippen LogP contribution in [-0.2, 0) is 11.2 Å². The molecule has 23 heavy (non-hydrogen) atoms. The summed E-state index contributed by atoms with van der Waals surface area (Å²) in [6.07, 6.45) is 0.364. The zero-order valence-electron chi connectivity index (χ0n) is 14.1. The molecular formula is C19H23NO3. The van der Waals surface area contributed by atoms with E-state index in [2.05, 4.69) is 5.32 Å². The van der Waals surface area contributed by atoms with Crippen molar-refractivity contribution in [3.05, 3.63) is 59.2 Å². The van der Waals surface area contributed by atoms with Crippen LogP contribution in [0.3, 0.4) is 0 Å². The average molecular weight is 313 g/mol. The standard InChI is InChI=1S/C19H23NO3/c1-13-5-7-15(8-6-13)11-19(21)20-14(2)17-10-9-16(22-3)12-18(17)23-4/h5-10,12,14H,11H2,1-4H3,(H,20,21). The highest BCUT2D eigenvalue weighted by atomic mass is 16.5. The largest absolute Gasteiger partial charge is 0.497 e. The SMILES string of the molecule is COc1ccc(C(C)NC(=O)Cc2ccc(C)cc2)c(OC)c1. The molecule has 1 amide bonds. The summed E-state index contributed by atoms with van der Waals surface area (Å²) < 4.78 is 10.6. The summed E-state index contributed by atoms with van der Waals surface area (Å²) in [5, 5.41) is 3.01. The molecular weight excluding hydrogens is 290 g/mol. The quantitative estimate of drug-likeness (QED) is 0.889. The molecule has 1 N–H and O–H groups in total. The molecule has 0 bridgehead atoms. The van der Waals surface area contributed by atoms with E-state index in [9.17, 15) is 4.79 Å². The number of methoxy groups -OCH3 is 2. The van der Waals surface area contributed by atoms with Crippen LogP contribution in [0, 0.1) is 6.92 Å². The first-order chi connectivity index (χ1) is 11.0. The van der Waals surface area contributed by atoms with E-state index in [1.54, 1.807) is 14.2 Å². The summed E-state index contributed by atoms with van der Waals surface area (Å²) in [5.41, 5.74) is 3.11. The molecule has 122 valence electrons. The van der Waals surface area contributed by atoms with Crippen molar-refractivity contribution in [3.8, 4) is 11.5 Å². The van der Waals surface area contributed by atoms with Crippen LogP contribution in [0.5, 0.6) is 11.5 Å². The maximum absolute atomic E-state index is 12.2. The molecule has 1 unspecified atom stereocenters. The molecule has 0 aliphatic carbocycles. The van der Waals surface area contributed by atoms with Crippen LogP contribution in [0.25, 0.3) is 0 Å². The Morgan fingerprint density at radius 3 is 2.39 bits per heavy atom. The van der Waals surface area contributed by atoms with Crippen LogP contribution in [0.4, 0.5) is 0 Å². The van der Waals surface area contributed by atoms with Crippen LogP contribution in [0.15, 0.2) is 42.5 Å². The van der Waals surface area contributed by atoms with Gasteiger partial charge >= 0.3 is 0 Å². The number of ether oxygens (including phenoxy) is 2. The molecule has 0 heterocycles. The number of carbonyl (C=O) groups is 1. The fourth-order valence-electron chi connectivity index (χ4n) is 2.44. The minimum atomic E-state index is -0.145. The van der Waals surface area contributed by atoms with E-state index in [1.165, 1.54) is 5.56 Å². The molecule has 1 atom stereocenters. The summed E-state index contributed by atoms with van der Waals surface area (Å²) >= 11 is 0. The Hall–Kier alpha value is -2.49. The predicted molar refractivity (Wildman–Crippen MR) is 91.0 cm³/mol. The van der Waals surface area contributed by atoms with E-state index in [0.29, 0.717) is 12.2 Å². The van der Waals surface area contributed by atoms with Crippen LogP contribution in [0.1, 0.15) is 29.7 Å². The van der Waals surface area contributed by atoms with Gasteiger partial charge in [0.15, 0.2) is 0 Å². The van der Waals surface area contributed by atoms with Gasteiger partial charge in [-0.2, -0.15) is 0 Å². The van der Waals surface area contributed by atoms with Crippen molar-refractivity contribution in [2.24, 2.45) is 0 Å². The maximum Gasteiger partial charge on any atom is 0.224 e. The zero-order valence-corrected chi connectivity index (χ0v) is 14.1. The Morgan fingerprint density at radius 2 is 1.78 bits per heavy atom. The number of hydrogen-bond acceptors (Lipinski definition) is 3. The first-order valence-corrected chi connectivity index (χ1v) is 7.60. The van der Waals surface area contributed by atoms with Crippen molar-refractivity contribution in [2.75, 3.05) is 14.2 Å². The van der Waals surface area contributed by atoms with Gasteiger partial charge in [-0.1, -0.05) is 29.8 Å². The summed E-state index contributed by atoms with van der Waals surface area (Å²) in [6, 6.07) is 13.4. The van der Waals surface area contributed by atoms with Gasteiger partial charge in [-0.3, -0.25) is 4.79 Å². The highest BCUT2D eigenvalue weighted by molar-refractivity contribution is 5.79. The minimum absolute atomic E-state index is 0.0146. The van der Waals surface area contributed by atoms with E-state index >= 15 is 0 Å². The second kappa shape index (κ2) is 7.68. The first kappa shape index (κ1) is 16.9. The Labute approximate surface area is 137 Å². The molecule has 2 rings (SSSR count). The van der Waals surface area contributed by atoms with E-state index < -0.39 is 0 Å². The van der Waals surface area contributed by atoms with Gasteiger partial charge in [-0.05, 0) is 31.5 Å². The molecule has 0 saturated heterocycles. The number of rotatable bonds is 6. The van der Waals surface area contributed by atoms with Gasteiger partial charge in [0, 0.05) is 11.6 Å². The summed E-state index contributed by atoms with van der Waals surface area (Å²) in [7, 11) is 3.22. The molecule has 4 heteroatoms. The van der Waals surface area contributed by atoms with Crippen molar-refractivity contribution < 1.29 is 14.3 Å². The van der Waals surface area contributed by atoms with Gasteiger partial charge in [-0.25, -0.2) is 0 Å². The Kier molecular flexibility index (Phi) is 5.63. The van der Waals surface area contributed by atoms with Crippen LogP contribution in [-0.4, -0.2) is 20.1 Å². The lowest BCUT2D eigenvalue weighted by molar-refractivity contribution is -0.121. The van der Waals surface area contributed by atoms with Crippen molar-refractivity contribution in [2.45, 2.75) is 26.3 Å². The normalized spacial score (nSPS) is 11.7. The van der Waals surface area contributed by atoms with Gasteiger partial charge in [0.2, 0.25) is 5.91 Å². The topological polar surface area (TPSA) is 47.6 Å². The highest BCUT2D eigenvalue weighted by Crippen LogP contribution is 2.29. The van der Waals surface area contributed by atoms with Crippen molar-refractivity contribution in [1.29, 1.82) is 0 Å². The molecule has 2 aromatic carbocycles. The fraction of sp³-hybridized carbons (Fsp3) is 0.316. The number of amides is 1. The third kappa shape index (κ3) is 4.49. The molecule has 0 fully saturated rings. The summed E-state index contributed by atoms with van der Waals surface area (Å²) in [6.45, 7) is 3.97. The minimum Gasteiger partial charge on any atom is -0.497 e. The molecule has 2 aromatic rings. The lowest BCUT2D eigenvalue weighted by Crippen LogP contribution is -2.28. The van der Waals surface area contributed by atoms with Crippen molar-refractivity contribution in [1.82, 2.24) is 5.32 Å². The molecule has 0 aliphatic rings. The fourth-order valence-corrected chi connectivity index (χ4v) is 2.44. The Bertz CT molecular complexity index is 665. The smallest absolute Gasteiger partial charge is 0.224 e. The van der Waals surface area contributed by atoms with Crippen molar-refractivity contribution >= 4 is 5.91 Å². The van der Waals surface area contributed by atoms with Gasteiger partial charge in [0.05, 0.1) is 26.7 Å². The lowest BCUT2D eigenvalue weighted by Gasteiger charge is -2.18. The van der Waals surface area contributed by atoms with Gasteiger partial charge in [0.1, 0.15) is 11.5 Å². The number of carbonyl (C=O) groups excluding carboxylic acids is 1. The third-order valence-corrected chi connectivity index (χ3v) is 3.77. The Balaban J connectivity index is 2.04. The van der Waals surface area contributed by atoms with Gasteiger partial charge < -0.3 is 14.8 Å². The summed E-state index contributed by atoms with van der Waals surface area (Å²) in [5.74, 6) is 1.41. The maximum atomic E-state index is 12.2. The Morgan fingerprint density at radius 1 is 1.09 bits per heavy atom. The lowest BCUT2D eigenvalue weighted by atomic mass is 10.1. The van der Waals surface area contributed by atoms with E-state index in [-0.39, 0.29) is 11.9 Å². The molecule has 0 spiro atoms. The van der Waals surface area contributed by atoms with Crippen LogP contribution in [0.2, 0.25) is 0 Å². The predicted octanol–water partition coefficient (Wildman–Crippen LogP) is 3.43. The molecule has 4 nitrogen and oxygen atoms in total. The number of benzene rings is 2. The van der Waals surface area contributed by atoms with Crippen molar-refractivity contribution in [3.63, 3.8) is 0 Å². The highest BCUT2D eigenvalue weighted by Gasteiger charge is 2.15. The number of nitrogens with one attached hydrogen (secondary N) is 1. The van der Waals surface area contributed by atoms with E-state index in [0.717, 1.165) is 16.9 Å². The molecule has 0 aliphatic heterocycles. The number of hydrogen-bond donors (Lipinski definition) is 1. The van der Waals surface area contributed by atoms with E-state index in [1.807, 2.05) is 56.3 Å². The molecule has 0 aromatic heterocycles. The van der Waals surface area contributed by atoms with Gasteiger partial charge in [-0.15, -0.1) is 0 Å². The van der Waals surface area contributed by atoms with Crippen LogP contribution < -0.4 is 14.8 Å². The second-order valence-electron chi connectivity index (χ2n) is 5.56. The average Bonchev–Trinajstić information content (AvgIpc) is 2.56. The molecule has 0 radical (unpaired) electrons. The van der Waals surface area contributed by atoms with Crippen LogP contribution >= 0.6 is 0 Å². The monoisotopic (exact) mass is 313 g/mol. The molecule has 0 saturated carbocycles. The first-order valence-electron chi connectivity index (χ1n) is 7.60. The van der Waals surface area contributed by atoms with Gasteiger partial charge in [0.25, 0.3) is 0 Å². The summed E-state index contributed by atoms with van der Waals surface area (Å²) in [4.78, 5) is 12.2. The second-order valence-corrected chi connectivity index (χ2v) is 5.56. The number of aryl methyl sites for hydroxylation is 1. The zero-order chi connectivity index (χ0) is 16.8. The third-order valence-electron chi connectivity index (χ3n) is 3.77. The van der Waals surface area contributed by atoms with E-state index in [4.69, 9.17) is 9.47 Å².